The minimum absolute atomic E-state index is 0.0561. The zero-order chi connectivity index (χ0) is 11.4. The fraction of sp³-hybridized carbons (Fsp3) is 0.583. The second-order valence-corrected chi connectivity index (χ2v) is 5.59. The molecule has 1 heterocycles. The van der Waals surface area contributed by atoms with E-state index in [0.29, 0.717) is 0 Å². The van der Waals surface area contributed by atoms with E-state index in [1.165, 1.54) is 30.6 Å². The summed E-state index contributed by atoms with van der Waals surface area (Å²) >= 11 is 7.29. The first-order chi connectivity index (χ1) is 7.77. The van der Waals surface area contributed by atoms with Crippen LogP contribution >= 0.6 is 22.9 Å². The lowest BCUT2D eigenvalue weighted by atomic mass is 9.84. The molecule has 16 heavy (non-hydrogen) atoms. The average Bonchev–Trinajstić information content (AvgIpc) is 2.96. The lowest BCUT2D eigenvalue weighted by Crippen LogP contribution is -2.39. The third kappa shape index (κ3) is 2.41. The van der Waals surface area contributed by atoms with Crippen molar-refractivity contribution in [3.63, 3.8) is 0 Å². The summed E-state index contributed by atoms with van der Waals surface area (Å²) in [4.78, 5) is 12.6. The third-order valence-corrected chi connectivity index (χ3v) is 4.71. The van der Waals surface area contributed by atoms with Crippen LogP contribution < -0.4 is 5.32 Å². The Morgan fingerprint density at radius 2 is 2.25 bits per heavy atom. The normalized spacial score (nSPS) is 18.6. The number of amides is 1. The molecular formula is C12H16ClNOS. The molecule has 0 spiro atoms. The van der Waals surface area contributed by atoms with Crippen molar-refractivity contribution in [3.05, 3.63) is 22.4 Å². The molecule has 0 saturated heterocycles. The van der Waals surface area contributed by atoms with Gasteiger partial charge in [-0.1, -0.05) is 18.9 Å². The van der Waals surface area contributed by atoms with Gasteiger partial charge in [-0.25, -0.2) is 0 Å². The Hall–Kier alpha value is -0.540. The molecular weight excluding hydrogens is 242 g/mol. The van der Waals surface area contributed by atoms with Gasteiger partial charge in [0.05, 0.1) is 0 Å². The van der Waals surface area contributed by atoms with E-state index in [1.807, 2.05) is 0 Å². The number of carbonyl (C=O) groups is 1. The van der Waals surface area contributed by atoms with Crippen molar-refractivity contribution >= 4 is 28.8 Å². The first-order valence-corrected chi connectivity index (χ1v) is 7.05. The van der Waals surface area contributed by atoms with E-state index < -0.39 is 0 Å². The van der Waals surface area contributed by atoms with Gasteiger partial charge in [0.2, 0.25) is 5.91 Å². The van der Waals surface area contributed by atoms with E-state index in [1.54, 1.807) is 11.3 Å². The van der Waals surface area contributed by atoms with Crippen LogP contribution in [0.5, 0.6) is 0 Å². The van der Waals surface area contributed by atoms with Crippen LogP contribution in [-0.4, -0.2) is 18.3 Å². The topological polar surface area (TPSA) is 29.1 Å². The summed E-state index contributed by atoms with van der Waals surface area (Å²) in [7, 11) is 0. The van der Waals surface area contributed by atoms with E-state index in [-0.39, 0.29) is 17.2 Å². The molecule has 0 aromatic carbocycles. The minimum atomic E-state index is -0.0653. The quantitative estimate of drug-likeness (QED) is 0.826. The number of thiophene rings is 1. The Kier molecular flexibility index (Phi) is 3.87. The second kappa shape index (κ2) is 5.19. The fourth-order valence-electron chi connectivity index (χ4n) is 2.46. The zero-order valence-electron chi connectivity index (χ0n) is 9.17. The molecule has 1 fully saturated rings. The van der Waals surface area contributed by atoms with Crippen LogP contribution in [0.2, 0.25) is 0 Å². The van der Waals surface area contributed by atoms with Gasteiger partial charge in [0, 0.05) is 16.8 Å². The summed E-state index contributed by atoms with van der Waals surface area (Å²) in [6.07, 6.45) is 4.87. The Labute approximate surface area is 105 Å². The highest BCUT2D eigenvalue weighted by Crippen LogP contribution is 2.42. The van der Waals surface area contributed by atoms with Crippen molar-refractivity contribution in [3.8, 4) is 0 Å². The predicted octanol–water partition coefficient (Wildman–Crippen LogP) is 2.91. The minimum Gasteiger partial charge on any atom is -0.354 e. The fourth-order valence-corrected chi connectivity index (χ4v) is 3.54. The lowest BCUT2D eigenvalue weighted by molar-refractivity contribution is -0.118. The number of hydrogen-bond donors (Lipinski definition) is 1. The van der Waals surface area contributed by atoms with Gasteiger partial charge >= 0.3 is 0 Å². The van der Waals surface area contributed by atoms with Crippen molar-refractivity contribution in [1.82, 2.24) is 5.32 Å². The SMILES string of the molecule is O=C(CCl)NCC1(c2cccs2)CCCC1. The summed E-state index contributed by atoms with van der Waals surface area (Å²) in [6, 6.07) is 4.27. The van der Waals surface area contributed by atoms with E-state index in [2.05, 4.69) is 22.8 Å². The van der Waals surface area contributed by atoms with E-state index in [0.717, 1.165) is 6.54 Å². The summed E-state index contributed by atoms with van der Waals surface area (Å²) in [6.45, 7) is 0.735. The number of rotatable bonds is 4. The molecule has 1 aliphatic rings. The molecule has 1 aromatic heterocycles. The van der Waals surface area contributed by atoms with Crippen molar-refractivity contribution in [2.45, 2.75) is 31.1 Å². The van der Waals surface area contributed by atoms with Gasteiger partial charge in [0.25, 0.3) is 0 Å². The zero-order valence-corrected chi connectivity index (χ0v) is 10.7. The molecule has 0 radical (unpaired) electrons. The Balaban J connectivity index is 2.08. The molecule has 88 valence electrons. The molecule has 1 N–H and O–H groups in total. The molecule has 1 aliphatic carbocycles. The third-order valence-electron chi connectivity index (χ3n) is 3.35. The van der Waals surface area contributed by atoms with E-state index in [9.17, 15) is 4.79 Å². The number of hydrogen-bond acceptors (Lipinski definition) is 2. The highest BCUT2D eigenvalue weighted by Gasteiger charge is 2.36. The molecule has 0 aliphatic heterocycles. The Morgan fingerprint density at radius 3 is 2.81 bits per heavy atom. The molecule has 1 amide bonds. The van der Waals surface area contributed by atoms with Gasteiger partial charge in [-0.05, 0) is 24.3 Å². The molecule has 0 bridgehead atoms. The van der Waals surface area contributed by atoms with Gasteiger partial charge in [-0.3, -0.25) is 4.79 Å². The summed E-state index contributed by atoms with van der Waals surface area (Å²) < 4.78 is 0. The number of halogens is 1. The molecule has 2 rings (SSSR count). The first-order valence-electron chi connectivity index (χ1n) is 5.63. The van der Waals surface area contributed by atoms with Gasteiger partial charge in [0.1, 0.15) is 5.88 Å². The van der Waals surface area contributed by atoms with Crippen LogP contribution in [0.1, 0.15) is 30.6 Å². The molecule has 2 nitrogen and oxygen atoms in total. The maximum atomic E-state index is 11.2. The Morgan fingerprint density at radius 1 is 1.50 bits per heavy atom. The van der Waals surface area contributed by atoms with Gasteiger partial charge in [0.15, 0.2) is 0 Å². The second-order valence-electron chi connectivity index (χ2n) is 4.38. The maximum Gasteiger partial charge on any atom is 0.234 e. The smallest absolute Gasteiger partial charge is 0.234 e. The van der Waals surface area contributed by atoms with Crippen molar-refractivity contribution in [2.24, 2.45) is 0 Å². The van der Waals surface area contributed by atoms with Gasteiger partial charge in [-0.15, -0.1) is 22.9 Å². The summed E-state index contributed by atoms with van der Waals surface area (Å²) in [5.41, 5.74) is 0.176. The highest BCUT2D eigenvalue weighted by atomic mass is 35.5. The van der Waals surface area contributed by atoms with Crippen molar-refractivity contribution in [2.75, 3.05) is 12.4 Å². The van der Waals surface area contributed by atoms with Crippen LogP contribution in [-0.2, 0) is 10.2 Å². The number of alkyl halides is 1. The highest BCUT2D eigenvalue weighted by molar-refractivity contribution is 7.10. The molecule has 4 heteroatoms. The molecule has 1 aromatic rings. The number of nitrogens with one attached hydrogen (secondary N) is 1. The Bertz CT molecular complexity index is 344. The number of carbonyl (C=O) groups excluding carboxylic acids is 1. The van der Waals surface area contributed by atoms with Crippen molar-refractivity contribution in [1.29, 1.82) is 0 Å². The largest absolute Gasteiger partial charge is 0.354 e. The van der Waals surface area contributed by atoms with E-state index in [4.69, 9.17) is 11.6 Å². The monoisotopic (exact) mass is 257 g/mol. The van der Waals surface area contributed by atoms with Crippen LogP contribution in [0.25, 0.3) is 0 Å². The first kappa shape index (κ1) is 11.9. The molecule has 0 unspecified atom stereocenters. The van der Waals surface area contributed by atoms with Gasteiger partial charge < -0.3 is 5.32 Å². The van der Waals surface area contributed by atoms with Crippen LogP contribution in [0, 0.1) is 0 Å². The summed E-state index contributed by atoms with van der Waals surface area (Å²) in [5, 5.41) is 5.05. The van der Waals surface area contributed by atoms with Crippen LogP contribution in [0.4, 0.5) is 0 Å². The summed E-state index contributed by atoms with van der Waals surface area (Å²) in [5.74, 6) is -0.00921. The van der Waals surface area contributed by atoms with Crippen LogP contribution in [0.3, 0.4) is 0 Å². The molecule has 0 atom stereocenters. The van der Waals surface area contributed by atoms with Crippen LogP contribution in [0.15, 0.2) is 17.5 Å². The average molecular weight is 258 g/mol. The van der Waals surface area contributed by atoms with Crippen molar-refractivity contribution < 1.29 is 4.79 Å². The molecule has 1 saturated carbocycles. The maximum absolute atomic E-state index is 11.2. The predicted molar refractivity (Wildman–Crippen MR) is 68.2 cm³/mol. The van der Waals surface area contributed by atoms with Gasteiger partial charge in [-0.2, -0.15) is 0 Å². The lowest BCUT2D eigenvalue weighted by Gasteiger charge is -2.28. The standard InChI is InChI=1S/C12H16ClNOS/c13-8-11(15)14-9-12(5-1-2-6-12)10-4-3-7-16-10/h3-4,7H,1-2,5-6,8-9H2,(H,14,15). The van der Waals surface area contributed by atoms with E-state index >= 15 is 0 Å².